The van der Waals surface area contributed by atoms with Crippen molar-refractivity contribution in [1.29, 1.82) is 0 Å². The van der Waals surface area contributed by atoms with Crippen LogP contribution in [0.3, 0.4) is 0 Å². The SMILES string of the molecule is Cc1c(F)ccc(Cc2cc(F)c(O)c(F)c2)c1O. The van der Waals surface area contributed by atoms with Crippen LogP contribution < -0.4 is 0 Å². The van der Waals surface area contributed by atoms with Gasteiger partial charge in [-0.2, -0.15) is 0 Å². The smallest absolute Gasteiger partial charge is 0.187 e. The second-order valence-electron chi connectivity index (χ2n) is 4.26. The van der Waals surface area contributed by atoms with Crippen LogP contribution in [0.5, 0.6) is 11.5 Å². The molecule has 0 fully saturated rings. The molecule has 0 radical (unpaired) electrons. The van der Waals surface area contributed by atoms with Gasteiger partial charge in [0.15, 0.2) is 17.4 Å². The largest absolute Gasteiger partial charge is 0.507 e. The molecule has 0 unspecified atom stereocenters. The van der Waals surface area contributed by atoms with Gasteiger partial charge in [-0.3, -0.25) is 0 Å². The molecule has 0 heterocycles. The summed E-state index contributed by atoms with van der Waals surface area (Å²) in [6, 6.07) is 4.46. The van der Waals surface area contributed by atoms with Gasteiger partial charge in [-0.1, -0.05) is 6.07 Å². The van der Waals surface area contributed by atoms with Gasteiger partial charge in [0.05, 0.1) is 0 Å². The summed E-state index contributed by atoms with van der Waals surface area (Å²) in [6.07, 6.45) is 0.0288. The Kier molecular flexibility index (Phi) is 3.38. The Morgan fingerprint density at radius 1 is 0.895 bits per heavy atom. The Labute approximate surface area is 107 Å². The van der Waals surface area contributed by atoms with E-state index in [0.717, 1.165) is 12.1 Å². The average molecular weight is 268 g/mol. The summed E-state index contributed by atoms with van der Waals surface area (Å²) >= 11 is 0. The van der Waals surface area contributed by atoms with Gasteiger partial charge >= 0.3 is 0 Å². The second-order valence-corrected chi connectivity index (χ2v) is 4.26. The highest BCUT2D eigenvalue weighted by molar-refractivity contribution is 5.43. The zero-order valence-corrected chi connectivity index (χ0v) is 10.0. The van der Waals surface area contributed by atoms with Gasteiger partial charge in [-0.15, -0.1) is 0 Å². The molecule has 5 heteroatoms. The molecule has 2 N–H and O–H groups in total. The zero-order chi connectivity index (χ0) is 14.2. The van der Waals surface area contributed by atoms with Gasteiger partial charge in [0.25, 0.3) is 0 Å². The van der Waals surface area contributed by atoms with Crippen LogP contribution in [0.15, 0.2) is 24.3 Å². The van der Waals surface area contributed by atoms with Gasteiger partial charge in [0.2, 0.25) is 0 Å². The molecule has 2 aromatic carbocycles. The number of halogens is 3. The van der Waals surface area contributed by atoms with E-state index in [1.165, 1.54) is 19.1 Å². The molecule has 2 nitrogen and oxygen atoms in total. The number of phenols is 2. The highest BCUT2D eigenvalue weighted by Gasteiger charge is 2.13. The quantitative estimate of drug-likeness (QED) is 0.876. The van der Waals surface area contributed by atoms with Crippen molar-refractivity contribution >= 4 is 0 Å². The van der Waals surface area contributed by atoms with Crippen molar-refractivity contribution in [3.05, 3.63) is 58.4 Å². The first-order chi connectivity index (χ1) is 8.90. The highest BCUT2D eigenvalue weighted by Crippen LogP contribution is 2.28. The summed E-state index contributed by atoms with van der Waals surface area (Å²) < 4.78 is 39.5. The summed E-state index contributed by atoms with van der Waals surface area (Å²) in [5, 5.41) is 18.7. The summed E-state index contributed by atoms with van der Waals surface area (Å²) in [6.45, 7) is 1.41. The van der Waals surface area contributed by atoms with Gasteiger partial charge in [-0.05, 0) is 36.2 Å². The third kappa shape index (κ3) is 2.50. The van der Waals surface area contributed by atoms with Crippen molar-refractivity contribution < 1.29 is 23.4 Å². The third-order valence-electron chi connectivity index (χ3n) is 2.92. The summed E-state index contributed by atoms with van der Waals surface area (Å²) in [5.74, 6) is -3.98. The second kappa shape index (κ2) is 4.84. The Morgan fingerprint density at radius 2 is 1.47 bits per heavy atom. The molecule has 2 rings (SSSR count). The lowest BCUT2D eigenvalue weighted by Crippen LogP contribution is -1.95. The van der Waals surface area contributed by atoms with Crippen LogP contribution in [0.1, 0.15) is 16.7 Å². The van der Waals surface area contributed by atoms with E-state index < -0.39 is 23.2 Å². The first-order valence-corrected chi connectivity index (χ1v) is 5.54. The fraction of sp³-hybridized carbons (Fsp3) is 0.143. The van der Waals surface area contributed by atoms with Crippen LogP contribution in [0.2, 0.25) is 0 Å². The molecule has 0 aliphatic heterocycles. The fourth-order valence-electron chi connectivity index (χ4n) is 1.81. The maximum absolute atomic E-state index is 13.2. The van der Waals surface area contributed by atoms with Crippen LogP contribution in [-0.2, 0) is 6.42 Å². The van der Waals surface area contributed by atoms with Crippen molar-refractivity contribution in [2.75, 3.05) is 0 Å². The van der Waals surface area contributed by atoms with Crippen molar-refractivity contribution in [2.24, 2.45) is 0 Å². The topological polar surface area (TPSA) is 40.5 Å². The molecule has 0 saturated heterocycles. The lowest BCUT2D eigenvalue weighted by Gasteiger charge is -2.09. The van der Waals surface area contributed by atoms with E-state index in [2.05, 4.69) is 0 Å². The Bertz CT molecular complexity index is 616. The molecule has 0 amide bonds. The van der Waals surface area contributed by atoms with E-state index in [1.54, 1.807) is 0 Å². The summed E-state index contributed by atoms with van der Waals surface area (Å²) in [7, 11) is 0. The monoisotopic (exact) mass is 268 g/mol. The zero-order valence-electron chi connectivity index (χ0n) is 10.0. The van der Waals surface area contributed by atoms with Gasteiger partial charge < -0.3 is 10.2 Å². The first-order valence-electron chi connectivity index (χ1n) is 5.54. The first kappa shape index (κ1) is 13.3. The van der Waals surface area contributed by atoms with Crippen LogP contribution in [-0.4, -0.2) is 10.2 Å². The molecular weight excluding hydrogens is 257 g/mol. The van der Waals surface area contributed by atoms with Crippen LogP contribution in [0, 0.1) is 24.4 Å². The van der Waals surface area contributed by atoms with Gasteiger partial charge in [-0.25, -0.2) is 13.2 Å². The minimum Gasteiger partial charge on any atom is -0.507 e. The van der Waals surface area contributed by atoms with Gasteiger partial charge in [0.1, 0.15) is 11.6 Å². The number of hydrogen-bond donors (Lipinski definition) is 2. The summed E-state index contributed by atoms with van der Waals surface area (Å²) in [4.78, 5) is 0. The normalized spacial score (nSPS) is 10.7. The number of aromatic hydroxyl groups is 2. The van der Waals surface area contributed by atoms with Crippen molar-refractivity contribution in [3.63, 3.8) is 0 Å². The molecule has 0 saturated carbocycles. The van der Waals surface area contributed by atoms with E-state index in [-0.39, 0.29) is 23.3 Å². The molecular formula is C14H11F3O2. The van der Waals surface area contributed by atoms with Crippen LogP contribution in [0.25, 0.3) is 0 Å². The highest BCUT2D eigenvalue weighted by atomic mass is 19.1. The Hall–Kier alpha value is -2.17. The lowest BCUT2D eigenvalue weighted by atomic mass is 10.0. The molecule has 0 bridgehead atoms. The van der Waals surface area contributed by atoms with Crippen LogP contribution in [0.4, 0.5) is 13.2 Å². The van der Waals surface area contributed by atoms with E-state index in [1.807, 2.05) is 0 Å². The molecule has 0 aromatic heterocycles. The van der Waals surface area contributed by atoms with E-state index in [0.29, 0.717) is 5.56 Å². The van der Waals surface area contributed by atoms with Gasteiger partial charge in [0, 0.05) is 12.0 Å². The van der Waals surface area contributed by atoms with Crippen molar-refractivity contribution in [2.45, 2.75) is 13.3 Å². The van der Waals surface area contributed by atoms with E-state index in [9.17, 15) is 18.3 Å². The number of phenolic OH excluding ortho intramolecular Hbond substituents is 2. The molecule has 0 atom stereocenters. The van der Waals surface area contributed by atoms with Crippen LogP contribution >= 0.6 is 0 Å². The Balaban J connectivity index is 2.39. The predicted octanol–water partition coefficient (Wildman–Crippen LogP) is 3.41. The molecule has 100 valence electrons. The van der Waals surface area contributed by atoms with Crippen molar-refractivity contribution in [3.8, 4) is 11.5 Å². The fourth-order valence-corrected chi connectivity index (χ4v) is 1.81. The van der Waals surface area contributed by atoms with E-state index >= 15 is 0 Å². The van der Waals surface area contributed by atoms with E-state index in [4.69, 9.17) is 5.11 Å². The molecule has 0 aliphatic carbocycles. The number of rotatable bonds is 2. The predicted molar refractivity (Wildman–Crippen MR) is 63.6 cm³/mol. The average Bonchev–Trinajstić information content (AvgIpc) is 2.36. The molecule has 19 heavy (non-hydrogen) atoms. The minimum absolute atomic E-state index is 0.0288. The maximum Gasteiger partial charge on any atom is 0.187 e. The Morgan fingerprint density at radius 3 is 2.05 bits per heavy atom. The lowest BCUT2D eigenvalue weighted by molar-refractivity contribution is 0.395. The molecule has 2 aromatic rings. The number of benzene rings is 2. The minimum atomic E-state index is -1.08. The van der Waals surface area contributed by atoms with Crippen molar-refractivity contribution in [1.82, 2.24) is 0 Å². The number of hydrogen-bond acceptors (Lipinski definition) is 2. The standard InChI is InChI=1S/C14H11F3O2/c1-7-10(15)3-2-9(13(7)18)4-8-5-11(16)14(19)12(17)6-8/h2-3,5-6,18-19H,4H2,1H3. The molecule has 0 spiro atoms. The maximum atomic E-state index is 13.2. The third-order valence-corrected chi connectivity index (χ3v) is 2.92. The summed E-state index contributed by atoms with van der Waals surface area (Å²) in [5.41, 5.74) is 0.662. The molecule has 0 aliphatic rings.